The van der Waals surface area contributed by atoms with E-state index in [9.17, 15) is 5.26 Å². The van der Waals surface area contributed by atoms with E-state index in [0.717, 1.165) is 28.3 Å². The highest BCUT2D eigenvalue weighted by atomic mass is 16.7. The number of para-hydroxylation sites is 1. The Kier molecular flexibility index (Phi) is 3.39. The largest absolute Gasteiger partial charge is 0.497 e. The number of hydrogen-bond acceptors (Lipinski definition) is 5. The molecule has 0 fully saturated rings. The minimum atomic E-state index is -0.286. The van der Waals surface area contributed by atoms with Crippen molar-refractivity contribution < 1.29 is 9.57 Å². The van der Waals surface area contributed by atoms with Crippen molar-refractivity contribution in [2.45, 2.75) is 12.1 Å². The second-order valence-corrected chi connectivity index (χ2v) is 6.00. The van der Waals surface area contributed by atoms with Gasteiger partial charge in [-0.25, -0.2) is 0 Å². The van der Waals surface area contributed by atoms with E-state index in [2.05, 4.69) is 16.1 Å². The van der Waals surface area contributed by atoms with E-state index in [1.54, 1.807) is 7.11 Å². The Morgan fingerprint density at radius 1 is 1.17 bits per heavy atom. The van der Waals surface area contributed by atoms with Crippen molar-refractivity contribution >= 4 is 11.4 Å². The lowest BCUT2D eigenvalue weighted by Gasteiger charge is -2.38. The van der Waals surface area contributed by atoms with Gasteiger partial charge in [0.1, 0.15) is 5.75 Å². The first-order valence-electron chi connectivity index (χ1n) is 7.84. The van der Waals surface area contributed by atoms with Gasteiger partial charge in [0.15, 0.2) is 0 Å². The molecule has 2 aromatic carbocycles. The monoisotopic (exact) mass is 319 g/mol. The van der Waals surface area contributed by atoms with Crippen molar-refractivity contribution in [2.24, 2.45) is 11.1 Å². The van der Waals surface area contributed by atoms with Crippen LogP contribution in [0.25, 0.3) is 0 Å². The van der Waals surface area contributed by atoms with Crippen LogP contribution in [0, 0.1) is 17.2 Å². The third-order valence-electron chi connectivity index (χ3n) is 4.80. The van der Waals surface area contributed by atoms with Crippen LogP contribution in [-0.2, 0) is 4.84 Å². The van der Waals surface area contributed by atoms with E-state index in [-0.39, 0.29) is 18.1 Å². The maximum Gasteiger partial charge on any atom is 0.210 e. The molecule has 2 aliphatic heterocycles. The van der Waals surface area contributed by atoms with Crippen molar-refractivity contribution in [1.29, 1.82) is 5.26 Å². The normalized spacial score (nSPS) is 24.3. The summed E-state index contributed by atoms with van der Waals surface area (Å²) >= 11 is 0. The number of methoxy groups -OCH3 is 1. The van der Waals surface area contributed by atoms with Gasteiger partial charge in [-0.1, -0.05) is 23.4 Å². The third-order valence-corrected chi connectivity index (χ3v) is 4.80. The number of nitriles is 1. The fourth-order valence-corrected chi connectivity index (χ4v) is 3.57. The number of nitrogens with zero attached hydrogens (tertiary/aromatic N) is 3. The molecule has 0 aromatic heterocycles. The van der Waals surface area contributed by atoms with E-state index < -0.39 is 0 Å². The van der Waals surface area contributed by atoms with Gasteiger partial charge in [-0.15, -0.1) is 0 Å². The molecule has 24 heavy (non-hydrogen) atoms. The van der Waals surface area contributed by atoms with Gasteiger partial charge in [0.25, 0.3) is 0 Å². The fraction of sp³-hybridized carbons (Fsp3) is 0.263. The summed E-state index contributed by atoms with van der Waals surface area (Å²) in [6.07, 6.45) is -0.262. The fourth-order valence-electron chi connectivity index (χ4n) is 3.57. The van der Waals surface area contributed by atoms with Crippen LogP contribution in [0.4, 0.5) is 5.69 Å². The molecule has 4 rings (SSSR count). The predicted molar refractivity (Wildman–Crippen MR) is 91.1 cm³/mol. The Morgan fingerprint density at radius 2 is 1.92 bits per heavy atom. The highest BCUT2D eigenvalue weighted by molar-refractivity contribution is 6.04. The molecule has 0 spiro atoms. The molecule has 0 saturated heterocycles. The molecule has 0 N–H and O–H groups in total. The smallest absolute Gasteiger partial charge is 0.210 e. The van der Waals surface area contributed by atoms with Gasteiger partial charge >= 0.3 is 0 Å². The summed E-state index contributed by atoms with van der Waals surface area (Å²) in [5.74, 6) is 0.381. The van der Waals surface area contributed by atoms with Crippen molar-refractivity contribution in [1.82, 2.24) is 0 Å². The van der Waals surface area contributed by atoms with Gasteiger partial charge < -0.3 is 14.5 Å². The van der Waals surface area contributed by atoms with Gasteiger partial charge in [-0.2, -0.15) is 5.26 Å². The van der Waals surface area contributed by atoms with Crippen LogP contribution in [0.1, 0.15) is 17.0 Å². The number of fused-ring (bicyclic) bond motifs is 2. The standard InChI is InChI=1S/C19H17N3O2/c1-22-16-6-4-3-5-14(16)15(11-20)17-18(21-24-19(17)22)12-7-9-13(23-2)10-8-12/h3-10,15,17,19H,1-2H3/t15?,17-,19+/m1/s1. The molecule has 0 amide bonds. The summed E-state index contributed by atoms with van der Waals surface area (Å²) in [4.78, 5) is 7.78. The lowest BCUT2D eigenvalue weighted by Crippen LogP contribution is -2.45. The lowest BCUT2D eigenvalue weighted by atomic mass is 9.77. The first-order chi connectivity index (χ1) is 11.7. The van der Waals surface area contributed by atoms with Crippen LogP contribution < -0.4 is 9.64 Å². The van der Waals surface area contributed by atoms with Crippen LogP contribution in [0.3, 0.4) is 0 Å². The molecule has 2 aromatic rings. The average Bonchev–Trinajstić information content (AvgIpc) is 3.07. The second kappa shape index (κ2) is 5.57. The number of hydrogen-bond donors (Lipinski definition) is 0. The summed E-state index contributed by atoms with van der Waals surface area (Å²) in [6.45, 7) is 0. The maximum absolute atomic E-state index is 9.82. The van der Waals surface area contributed by atoms with E-state index in [4.69, 9.17) is 9.57 Å². The molecule has 0 aliphatic carbocycles. The Morgan fingerprint density at radius 3 is 2.62 bits per heavy atom. The van der Waals surface area contributed by atoms with E-state index in [0.29, 0.717) is 0 Å². The topological polar surface area (TPSA) is 57.9 Å². The highest BCUT2D eigenvalue weighted by Gasteiger charge is 2.48. The number of anilines is 1. The Bertz CT molecular complexity index is 838. The zero-order valence-corrected chi connectivity index (χ0v) is 13.5. The first-order valence-corrected chi connectivity index (χ1v) is 7.84. The number of ether oxygens (including phenoxy) is 1. The van der Waals surface area contributed by atoms with Crippen molar-refractivity contribution in [3.8, 4) is 11.8 Å². The zero-order valence-electron chi connectivity index (χ0n) is 13.5. The lowest BCUT2D eigenvalue weighted by molar-refractivity contribution is 0.0561. The average molecular weight is 319 g/mol. The number of oxime groups is 1. The summed E-state index contributed by atoms with van der Waals surface area (Å²) in [6, 6.07) is 18.1. The van der Waals surface area contributed by atoms with E-state index >= 15 is 0 Å². The molecule has 2 aliphatic rings. The number of rotatable bonds is 2. The molecule has 0 saturated carbocycles. The van der Waals surface area contributed by atoms with Crippen LogP contribution in [0.2, 0.25) is 0 Å². The molecule has 3 atom stereocenters. The molecule has 120 valence electrons. The summed E-state index contributed by atoms with van der Waals surface area (Å²) < 4.78 is 5.21. The van der Waals surface area contributed by atoms with E-state index in [1.807, 2.05) is 55.6 Å². The van der Waals surface area contributed by atoms with Crippen LogP contribution in [0.15, 0.2) is 53.7 Å². The second-order valence-electron chi connectivity index (χ2n) is 6.00. The molecular weight excluding hydrogens is 302 g/mol. The van der Waals surface area contributed by atoms with Crippen LogP contribution >= 0.6 is 0 Å². The first kappa shape index (κ1) is 14.6. The SMILES string of the molecule is COc1ccc(C2=NO[C@H]3[C@@H]2C(C#N)c2ccccc2N3C)cc1. The molecule has 0 bridgehead atoms. The highest BCUT2D eigenvalue weighted by Crippen LogP contribution is 2.45. The van der Waals surface area contributed by atoms with Crippen molar-refractivity contribution in [2.75, 3.05) is 19.1 Å². The van der Waals surface area contributed by atoms with Gasteiger partial charge in [0.2, 0.25) is 6.23 Å². The zero-order chi connectivity index (χ0) is 16.7. The van der Waals surface area contributed by atoms with Gasteiger partial charge in [-0.05, 0) is 35.9 Å². The molecule has 0 radical (unpaired) electrons. The van der Waals surface area contributed by atoms with Crippen molar-refractivity contribution in [3.63, 3.8) is 0 Å². The van der Waals surface area contributed by atoms with Gasteiger partial charge in [0.05, 0.1) is 30.7 Å². The molecule has 2 heterocycles. The third kappa shape index (κ3) is 2.04. The van der Waals surface area contributed by atoms with Gasteiger partial charge in [-0.3, -0.25) is 0 Å². The summed E-state index contributed by atoms with van der Waals surface area (Å²) in [5.41, 5.74) is 3.82. The summed E-state index contributed by atoms with van der Waals surface area (Å²) in [7, 11) is 3.62. The molecule has 5 nitrogen and oxygen atoms in total. The molecule has 1 unspecified atom stereocenters. The predicted octanol–water partition coefficient (Wildman–Crippen LogP) is 3.13. The van der Waals surface area contributed by atoms with Crippen LogP contribution in [0.5, 0.6) is 5.75 Å². The maximum atomic E-state index is 9.82. The van der Waals surface area contributed by atoms with Crippen molar-refractivity contribution in [3.05, 3.63) is 59.7 Å². The number of benzene rings is 2. The van der Waals surface area contributed by atoms with Gasteiger partial charge in [0, 0.05) is 18.3 Å². The minimum Gasteiger partial charge on any atom is -0.497 e. The molecular formula is C19H17N3O2. The summed E-state index contributed by atoms with van der Waals surface area (Å²) in [5, 5.41) is 14.1. The Hall–Kier alpha value is -3.00. The Labute approximate surface area is 140 Å². The molecule has 5 heteroatoms. The minimum absolute atomic E-state index is 0.122. The van der Waals surface area contributed by atoms with Crippen LogP contribution in [-0.4, -0.2) is 26.1 Å². The van der Waals surface area contributed by atoms with E-state index in [1.165, 1.54) is 0 Å². The quantitative estimate of drug-likeness (QED) is 0.853. The Balaban J connectivity index is 1.77.